The molecule has 23 heavy (non-hydrogen) atoms. The van der Waals surface area contributed by atoms with Gasteiger partial charge in [-0.25, -0.2) is 12.8 Å². The lowest BCUT2D eigenvalue weighted by molar-refractivity contribution is -0.116. The van der Waals surface area contributed by atoms with Crippen molar-refractivity contribution in [3.63, 3.8) is 0 Å². The minimum atomic E-state index is -3.93. The summed E-state index contributed by atoms with van der Waals surface area (Å²) in [5.74, 6) is -0.903. The highest BCUT2D eigenvalue weighted by atomic mass is 32.2. The van der Waals surface area contributed by atoms with Crippen LogP contribution in [0.5, 0.6) is 0 Å². The Morgan fingerprint density at radius 1 is 1.30 bits per heavy atom. The van der Waals surface area contributed by atoms with Crippen molar-refractivity contribution < 1.29 is 22.1 Å². The second-order valence-corrected chi connectivity index (χ2v) is 6.92. The van der Waals surface area contributed by atoms with Crippen LogP contribution in [-0.2, 0) is 14.8 Å². The van der Waals surface area contributed by atoms with E-state index in [-0.39, 0.29) is 10.7 Å². The quantitative estimate of drug-likeness (QED) is 0.865. The van der Waals surface area contributed by atoms with Gasteiger partial charge >= 0.3 is 0 Å². The van der Waals surface area contributed by atoms with E-state index in [0.717, 1.165) is 28.6 Å². The fourth-order valence-corrected chi connectivity index (χ4v) is 3.48. The normalized spacial score (nSPS) is 11.9. The maximum absolute atomic E-state index is 13.0. The van der Waals surface area contributed by atoms with Crippen LogP contribution in [0.2, 0.25) is 0 Å². The molecule has 0 spiro atoms. The van der Waals surface area contributed by atoms with E-state index in [1.54, 1.807) is 13.8 Å². The molecule has 1 aromatic carbocycles. The maximum Gasteiger partial charge on any atom is 0.243 e. The molecule has 0 fully saturated rings. The topological polar surface area (TPSA) is 92.5 Å². The Bertz CT molecular complexity index is 758. The van der Waals surface area contributed by atoms with Crippen LogP contribution >= 0.6 is 0 Å². The Balaban J connectivity index is 2.20. The zero-order valence-corrected chi connectivity index (χ0v) is 13.4. The molecular formula is C14H16FN3O4S. The van der Waals surface area contributed by atoms with Gasteiger partial charge in [-0.15, -0.1) is 0 Å². The van der Waals surface area contributed by atoms with Gasteiger partial charge in [-0.05, 0) is 38.1 Å². The standard InChI is InChI=1S/C14H16FN3O4S/c1-10(2)18(9-14(19)16-13-7-8-22-17-13)23(20,21)12-5-3-11(15)4-6-12/h3-8,10H,9H2,1-2H3,(H,16,17,19). The largest absolute Gasteiger partial charge is 0.363 e. The lowest BCUT2D eigenvalue weighted by atomic mass is 10.3. The van der Waals surface area contributed by atoms with Gasteiger partial charge in [-0.3, -0.25) is 4.79 Å². The van der Waals surface area contributed by atoms with Gasteiger partial charge in [-0.2, -0.15) is 4.31 Å². The number of carbonyl (C=O) groups is 1. The first kappa shape index (κ1) is 17.1. The number of sulfonamides is 1. The van der Waals surface area contributed by atoms with E-state index in [1.165, 1.54) is 12.3 Å². The molecule has 0 radical (unpaired) electrons. The summed E-state index contributed by atoms with van der Waals surface area (Å²) in [7, 11) is -3.93. The van der Waals surface area contributed by atoms with Gasteiger partial charge in [0, 0.05) is 12.1 Å². The first-order valence-corrected chi connectivity index (χ1v) is 8.22. The molecule has 1 aromatic heterocycles. The number of carbonyl (C=O) groups excluding carboxylic acids is 1. The van der Waals surface area contributed by atoms with Gasteiger partial charge in [0.05, 0.1) is 11.4 Å². The molecule has 1 heterocycles. The molecule has 0 aliphatic rings. The minimum Gasteiger partial charge on any atom is -0.363 e. The molecule has 1 N–H and O–H groups in total. The molecule has 2 rings (SSSR count). The lowest BCUT2D eigenvalue weighted by Gasteiger charge is -2.25. The predicted molar refractivity (Wildman–Crippen MR) is 80.6 cm³/mol. The highest BCUT2D eigenvalue weighted by Crippen LogP contribution is 2.18. The van der Waals surface area contributed by atoms with Crippen LogP contribution in [-0.4, -0.2) is 36.4 Å². The molecule has 0 aliphatic heterocycles. The number of anilines is 1. The molecule has 0 unspecified atom stereocenters. The molecule has 124 valence electrons. The van der Waals surface area contributed by atoms with E-state index in [1.807, 2.05) is 0 Å². The Kier molecular flexibility index (Phi) is 5.12. The summed E-state index contributed by atoms with van der Waals surface area (Å²) in [6.45, 7) is 2.89. The molecule has 0 saturated heterocycles. The van der Waals surface area contributed by atoms with Crippen molar-refractivity contribution in [2.24, 2.45) is 0 Å². The predicted octanol–water partition coefficient (Wildman–Crippen LogP) is 1.85. The zero-order valence-electron chi connectivity index (χ0n) is 12.6. The molecule has 2 aromatic rings. The average Bonchev–Trinajstić information content (AvgIpc) is 2.97. The average molecular weight is 341 g/mol. The van der Waals surface area contributed by atoms with Gasteiger partial charge in [-0.1, -0.05) is 5.16 Å². The van der Waals surface area contributed by atoms with Crippen molar-refractivity contribution in [3.05, 3.63) is 42.4 Å². The number of hydrogen-bond acceptors (Lipinski definition) is 5. The van der Waals surface area contributed by atoms with Crippen molar-refractivity contribution in [3.8, 4) is 0 Å². The Hall–Kier alpha value is -2.26. The third-order valence-electron chi connectivity index (χ3n) is 3.00. The van der Waals surface area contributed by atoms with Gasteiger partial charge in [0.25, 0.3) is 0 Å². The number of amides is 1. The van der Waals surface area contributed by atoms with Crippen LogP contribution < -0.4 is 5.32 Å². The number of halogens is 1. The molecule has 0 aliphatic carbocycles. The minimum absolute atomic E-state index is 0.0816. The molecule has 0 atom stereocenters. The smallest absolute Gasteiger partial charge is 0.243 e. The van der Waals surface area contributed by atoms with E-state index < -0.39 is 34.3 Å². The van der Waals surface area contributed by atoms with Gasteiger partial charge in [0.2, 0.25) is 15.9 Å². The molecule has 7 nitrogen and oxygen atoms in total. The second kappa shape index (κ2) is 6.88. The van der Waals surface area contributed by atoms with Crippen LogP contribution in [0.25, 0.3) is 0 Å². The Labute approximate surface area is 133 Å². The van der Waals surface area contributed by atoms with Crippen LogP contribution in [0.1, 0.15) is 13.8 Å². The molecular weight excluding hydrogens is 325 g/mol. The number of benzene rings is 1. The van der Waals surface area contributed by atoms with Gasteiger partial charge < -0.3 is 9.84 Å². The van der Waals surface area contributed by atoms with E-state index >= 15 is 0 Å². The summed E-state index contributed by atoms with van der Waals surface area (Å²) in [5.41, 5.74) is 0. The fourth-order valence-electron chi connectivity index (χ4n) is 1.89. The number of nitrogens with one attached hydrogen (secondary N) is 1. The molecule has 9 heteroatoms. The molecule has 0 bridgehead atoms. The van der Waals surface area contributed by atoms with Crippen molar-refractivity contribution in [2.75, 3.05) is 11.9 Å². The van der Waals surface area contributed by atoms with Crippen LogP contribution in [0.15, 0.2) is 46.0 Å². The van der Waals surface area contributed by atoms with Gasteiger partial charge in [0.1, 0.15) is 12.1 Å². The van der Waals surface area contributed by atoms with Crippen LogP contribution in [0, 0.1) is 5.82 Å². The van der Waals surface area contributed by atoms with Crippen molar-refractivity contribution in [1.29, 1.82) is 0 Å². The first-order chi connectivity index (χ1) is 10.8. The van der Waals surface area contributed by atoms with Crippen molar-refractivity contribution in [1.82, 2.24) is 9.46 Å². The van der Waals surface area contributed by atoms with E-state index in [9.17, 15) is 17.6 Å². The molecule has 1 amide bonds. The summed E-state index contributed by atoms with van der Waals surface area (Å²) in [6, 6.07) is 5.41. The number of rotatable bonds is 6. The SMILES string of the molecule is CC(C)N(CC(=O)Nc1ccon1)S(=O)(=O)c1ccc(F)cc1. The lowest BCUT2D eigenvalue weighted by Crippen LogP contribution is -2.42. The van der Waals surface area contributed by atoms with Crippen LogP contribution in [0.3, 0.4) is 0 Å². The second-order valence-electron chi connectivity index (χ2n) is 5.03. The van der Waals surface area contributed by atoms with Crippen molar-refractivity contribution >= 4 is 21.7 Å². The highest BCUT2D eigenvalue weighted by Gasteiger charge is 2.29. The first-order valence-electron chi connectivity index (χ1n) is 6.78. The fraction of sp³-hybridized carbons (Fsp3) is 0.286. The van der Waals surface area contributed by atoms with E-state index in [4.69, 9.17) is 0 Å². The van der Waals surface area contributed by atoms with Gasteiger partial charge in [0.15, 0.2) is 5.82 Å². The number of nitrogens with zero attached hydrogens (tertiary/aromatic N) is 2. The van der Waals surface area contributed by atoms with Crippen LogP contribution in [0.4, 0.5) is 10.2 Å². The monoisotopic (exact) mass is 341 g/mol. The maximum atomic E-state index is 13.0. The number of hydrogen-bond donors (Lipinski definition) is 1. The summed E-state index contributed by atoms with van der Waals surface area (Å²) in [5, 5.41) is 5.95. The van der Waals surface area contributed by atoms with E-state index in [0.29, 0.717) is 0 Å². The third kappa shape index (κ3) is 4.14. The van der Waals surface area contributed by atoms with Crippen molar-refractivity contribution in [2.45, 2.75) is 24.8 Å². The summed E-state index contributed by atoms with van der Waals surface area (Å²) in [4.78, 5) is 11.9. The number of aromatic nitrogens is 1. The Morgan fingerprint density at radius 3 is 2.48 bits per heavy atom. The summed E-state index contributed by atoms with van der Waals surface area (Å²) in [6.07, 6.45) is 1.28. The van der Waals surface area contributed by atoms with E-state index in [2.05, 4.69) is 15.0 Å². The Morgan fingerprint density at radius 2 is 1.96 bits per heavy atom. The summed E-state index contributed by atoms with van der Waals surface area (Å²) < 4.78 is 43.8. The summed E-state index contributed by atoms with van der Waals surface area (Å²) >= 11 is 0. The molecule has 0 saturated carbocycles. The zero-order chi connectivity index (χ0) is 17.0. The highest BCUT2D eigenvalue weighted by molar-refractivity contribution is 7.89. The third-order valence-corrected chi connectivity index (χ3v) is 5.04.